The number of ether oxygens (including phenoxy) is 1. The van der Waals surface area contributed by atoms with Crippen molar-refractivity contribution >= 4 is 0 Å². The minimum absolute atomic E-state index is 0.373. The summed E-state index contributed by atoms with van der Waals surface area (Å²) in [6, 6.07) is 1.79. The van der Waals surface area contributed by atoms with Gasteiger partial charge < -0.3 is 9.84 Å². The molecule has 0 spiro atoms. The fourth-order valence-corrected chi connectivity index (χ4v) is 1.22. The minimum atomic E-state index is -0.373. The summed E-state index contributed by atoms with van der Waals surface area (Å²) in [5.74, 6) is 0.714. The molecule has 1 aromatic rings. The SMILES string of the molecule is O[C@@H]1CCOc2cnccc21. The van der Waals surface area contributed by atoms with Gasteiger partial charge in [0.05, 0.1) is 18.9 Å². The van der Waals surface area contributed by atoms with Crippen molar-refractivity contribution in [1.82, 2.24) is 4.98 Å². The Kier molecular flexibility index (Phi) is 1.51. The Bertz CT molecular complexity index is 262. The van der Waals surface area contributed by atoms with E-state index < -0.39 is 0 Å². The number of nitrogens with zero attached hydrogens (tertiary/aromatic N) is 1. The Morgan fingerprint density at radius 3 is 3.36 bits per heavy atom. The van der Waals surface area contributed by atoms with E-state index in [1.807, 2.05) is 0 Å². The van der Waals surface area contributed by atoms with Crippen LogP contribution >= 0.6 is 0 Å². The number of rotatable bonds is 0. The maximum atomic E-state index is 9.45. The lowest BCUT2D eigenvalue weighted by Gasteiger charge is -2.20. The van der Waals surface area contributed by atoms with Crippen LogP contribution in [0.25, 0.3) is 0 Å². The molecule has 0 bridgehead atoms. The highest BCUT2D eigenvalue weighted by Gasteiger charge is 2.17. The van der Waals surface area contributed by atoms with Crippen LogP contribution in [-0.4, -0.2) is 16.7 Å². The molecule has 11 heavy (non-hydrogen) atoms. The van der Waals surface area contributed by atoms with Gasteiger partial charge in [0.15, 0.2) is 0 Å². The first kappa shape index (κ1) is 6.61. The van der Waals surface area contributed by atoms with Gasteiger partial charge in [-0.05, 0) is 6.07 Å². The second kappa shape index (κ2) is 2.51. The van der Waals surface area contributed by atoms with Crippen LogP contribution in [0.3, 0.4) is 0 Å². The van der Waals surface area contributed by atoms with Crippen molar-refractivity contribution in [2.75, 3.05) is 6.61 Å². The molecule has 0 amide bonds. The van der Waals surface area contributed by atoms with E-state index in [1.54, 1.807) is 18.5 Å². The van der Waals surface area contributed by atoms with Crippen LogP contribution in [0.4, 0.5) is 0 Å². The van der Waals surface area contributed by atoms with Crippen molar-refractivity contribution in [1.29, 1.82) is 0 Å². The first-order valence-corrected chi connectivity index (χ1v) is 3.63. The summed E-state index contributed by atoms with van der Waals surface area (Å²) in [6.45, 7) is 0.583. The predicted octanol–water partition coefficient (Wildman–Crippen LogP) is 0.897. The zero-order valence-corrected chi connectivity index (χ0v) is 6.03. The van der Waals surface area contributed by atoms with E-state index >= 15 is 0 Å². The lowest BCUT2D eigenvalue weighted by atomic mass is 10.1. The van der Waals surface area contributed by atoms with E-state index in [9.17, 15) is 5.11 Å². The second-order valence-corrected chi connectivity index (χ2v) is 2.57. The maximum Gasteiger partial charge on any atom is 0.143 e. The van der Waals surface area contributed by atoms with Crippen molar-refractivity contribution in [3.63, 3.8) is 0 Å². The quantitative estimate of drug-likeness (QED) is 0.599. The molecule has 0 unspecified atom stereocenters. The third-order valence-electron chi connectivity index (χ3n) is 1.82. The van der Waals surface area contributed by atoms with Gasteiger partial charge in [0, 0.05) is 18.2 Å². The highest BCUT2D eigenvalue weighted by Crippen LogP contribution is 2.30. The van der Waals surface area contributed by atoms with Gasteiger partial charge in [0.2, 0.25) is 0 Å². The molecule has 1 aliphatic rings. The molecular weight excluding hydrogens is 142 g/mol. The first-order valence-electron chi connectivity index (χ1n) is 3.63. The maximum absolute atomic E-state index is 9.45. The summed E-state index contributed by atoms with van der Waals surface area (Å²) in [6.07, 6.45) is 3.60. The summed E-state index contributed by atoms with van der Waals surface area (Å²) < 4.78 is 5.27. The minimum Gasteiger partial charge on any atom is -0.491 e. The fraction of sp³-hybridized carbons (Fsp3) is 0.375. The van der Waals surface area contributed by atoms with Crippen LogP contribution in [0.5, 0.6) is 5.75 Å². The van der Waals surface area contributed by atoms with Crippen molar-refractivity contribution in [3.05, 3.63) is 24.0 Å². The fourth-order valence-electron chi connectivity index (χ4n) is 1.22. The molecule has 1 aromatic heterocycles. The molecular formula is C8H9NO2. The van der Waals surface area contributed by atoms with Crippen LogP contribution < -0.4 is 4.74 Å². The van der Waals surface area contributed by atoms with Crippen LogP contribution in [0.2, 0.25) is 0 Å². The topological polar surface area (TPSA) is 42.4 Å². The van der Waals surface area contributed by atoms with E-state index in [0.29, 0.717) is 18.8 Å². The molecule has 2 rings (SSSR count). The molecule has 58 valence electrons. The van der Waals surface area contributed by atoms with E-state index in [4.69, 9.17) is 4.74 Å². The standard InChI is InChI=1S/C8H9NO2/c10-7-2-4-11-8-5-9-3-1-6(7)8/h1,3,5,7,10H,2,4H2/t7-/m1/s1. The van der Waals surface area contributed by atoms with E-state index in [1.165, 1.54) is 0 Å². The average Bonchev–Trinajstić information content (AvgIpc) is 2.06. The largest absolute Gasteiger partial charge is 0.491 e. The van der Waals surface area contributed by atoms with Gasteiger partial charge in [0.25, 0.3) is 0 Å². The van der Waals surface area contributed by atoms with Crippen molar-refractivity contribution in [2.45, 2.75) is 12.5 Å². The number of aliphatic hydroxyl groups is 1. The Morgan fingerprint density at radius 2 is 2.55 bits per heavy atom. The molecule has 0 fully saturated rings. The summed E-state index contributed by atoms with van der Waals surface area (Å²) >= 11 is 0. The highest BCUT2D eigenvalue weighted by molar-refractivity contribution is 5.33. The number of fused-ring (bicyclic) bond motifs is 1. The third kappa shape index (κ3) is 1.07. The van der Waals surface area contributed by atoms with Crippen molar-refractivity contribution in [2.24, 2.45) is 0 Å². The summed E-state index contributed by atoms with van der Waals surface area (Å²) in [5, 5.41) is 9.45. The molecule has 0 radical (unpaired) electrons. The Morgan fingerprint density at radius 1 is 1.64 bits per heavy atom. The molecule has 3 heteroatoms. The average molecular weight is 151 g/mol. The number of aliphatic hydroxyl groups excluding tert-OH is 1. The highest BCUT2D eigenvalue weighted by atomic mass is 16.5. The van der Waals surface area contributed by atoms with Gasteiger partial charge in [0.1, 0.15) is 5.75 Å². The predicted molar refractivity (Wildman–Crippen MR) is 39.3 cm³/mol. The zero-order valence-electron chi connectivity index (χ0n) is 6.03. The van der Waals surface area contributed by atoms with Gasteiger partial charge >= 0.3 is 0 Å². The van der Waals surface area contributed by atoms with Crippen molar-refractivity contribution < 1.29 is 9.84 Å². The van der Waals surface area contributed by atoms with Gasteiger partial charge in [-0.1, -0.05) is 0 Å². The van der Waals surface area contributed by atoms with Crippen LogP contribution in [0.15, 0.2) is 18.5 Å². The molecule has 1 aliphatic heterocycles. The Hall–Kier alpha value is -1.09. The molecule has 1 N–H and O–H groups in total. The normalized spacial score (nSPS) is 22.1. The third-order valence-corrected chi connectivity index (χ3v) is 1.82. The van der Waals surface area contributed by atoms with E-state index in [-0.39, 0.29) is 6.10 Å². The van der Waals surface area contributed by atoms with Gasteiger partial charge in [-0.3, -0.25) is 4.98 Å². The molecule has 3 nitrogen and oxygen atoms in total. The zero-order chi connectivity index (χ0) is 7.68. The Labute approximate surface area is 64.6 Å². The van der Waals surface area contributed by atoms with E-state index in [2.05, 4.69) is 4.98 Å². The molecule has 0 saturated carbocycles. The van der Waals surface area contributed by atoms with Crippen LogP contribution in [0, 0.1) is 0 Å². The smallest absolute Gasteiger partial charge is 0.143 e. The molecule has 0 saturated heterocycles. The Balaban J connectivity index is 2.44. The van der Waals surface area contributed by atoms with E-state index in [0.717, 1.165) is 5.56 Å². The van der Waals surface area contributed by atoms with Crippen LogP contribution in [-0.2, 0) is 0 Å². The number of aromatic nitrogens is 1. The molecule has 0 aliphatic carbocycles. The summed E-state index contributed by atoms with van der Waals surface area (Å²) in [5.41, 5.74) is 0.853. The van der Waals surface area contributed by atoms with Gasteiger partial charge in [-0.25, -0.2) is 0 Å². The monoisotopic (exact) mass is 151 g/mol. The van der Waals surface area contributed by atoms with Crippen LogP contribution in [0.1, 0.15) is 18.1 Å². The summed E-state index contributed by atoms with van der Waals surface area (Å²) in [4.78, 5) is 3.90. The molecule has 0 aromatic carbocycles. The lowest BCUT2D eigenvalue weighted by Crippen LogP contribution is -2.13. The molecule has 2 heterocycles. The lowest BCUT2D eigenvalue weighted by molar-refractivity contribution is 0.115. The number of hydrogen-bond acceptors (Lipinski definition) is 3. The van der Waals surface area contributed by atoms with Crippen molar-refractivity contribution in [3.8, 4) is 5.75 Å². The van der Waals surface area contributed by atoms with Gasteiger partial charge in [-0.2, -0.15) is 0 Å². The number of pyridine rings is 1. The second-order valence-electron chi connectivity index (χ2n) is 2.57. The summed E-state index contributed by atoms with van der Waals surface area (Å²) in [7, 11) is 0. The first-order chi connectivity index (χ1) is 5.38. The number of hydrogen-bond donors (Lipinski definition) is 1. The van der Waals surface area contributed by atoms with Gasteiger partial charge in [-0.15, -0.1) is 0 Å². The molecule has 1 atom stereocenters.